The molecular formula is C17H12ClF3N2O3S. The lowest BCUT2D eigenvalue weighted by molar-refractivity contribution is -0.275. The van der Waals surface area contributed by atoms with Crippen molar-refractivity contribution < 1.29 is 27.5 Å². The molecule has 1 aliphatic heterocycles. The highest BCUT2D eigenvalue weighted by atomic mass is 35.5. The molecule has 27 heavy (non-hydrogen) atoms. The number of nitrogens with zero attached hydrogens (tertiary/aromatic N) is 1. The maximum Gasteiger partial charge on any atom is 0.573 e. The molecule has 1 unspecified atom stereocenters. The van der Waals surface area contributed by atoms with Gasteiger partial charge in [-0.1, -0.05) is 41.9 Å². The predicted octanol–water partition coefficient (Wildman–Crippen LogP) is 3.77. The zero-order chi connectivity index (χ0) is 19.6. The number of amides is 2. The van der Waals surface area contributed by atoms with Crippen LogP contribution in [0.15, 0.2) is 53.4 Å². The molecule has 1 fully saturated rings. The number of halogens is 4. The van der Waals surface area contributed by atoms with Crippen LogP contribution in [0.2, 0.25) is 5.02 Å². The lowest BCUT2D eigenvalue weighted by Crippen LogP contribution is -2.35. The minimum atomic E-state index is -4.86. The summed E-state index contributed by atoms with van der Waals surface area (Å²) in [6, 6.07) is 12.1. The van der Waals surface area contributed by atoms with Gasteiger partial charge in [0.2, 0.25) is 0 Å². The molecule has 0 saturated carbocycles. The van der Waals surface area contributed by atoms with E-state index in [1.807, 2.05) is 0 Å². The average molecular weight is 417 g/mol. The standard InChI is InChI=1S/C17H12ClF3N2O3S/c18-11-6-2-4-8-13(11)27-14-15(24)22-23(16(14)25)9-10-5-1-3-7-12(10)26-17(19,20)21/h1-8,14H,9H2,(H,22,24). The average Bonchev–Trinajstić information content (AvgIpc) is 2.85. The monoisotopic (exact) mass is 416 g/mol. The molecule has 2 aromatic carbocycles. The zero-order valence-electron chi connectivity index (χ0n) is 13.5. The minimum absolute atomic E-state index is 0.104. The summed E-state index contributed by atoms with van der Waals surface area (Å²) in [5, 5.41) is 0.279. The number of ether oxygens (including phenoxy) is 1. The van der Waals surface area contributed by atoms with E-state index in [1.54, 1.807) is 24.3 Å². The Labute approximate surface area is 161 Å². The molecule has 5 nitrogen and oxygen atoms in total. The third-order valence-electron chi connectivity index (χ3n) is 3.58. The third kappa shape index (κ3) is 4.67. The molecule has 1 aliphatic rings. The van der Waals surface area contributed by atoms with Crippen molar-refractivity contribution in [2.45, 2.75) is 23.1 Å². The van der Waals surface area contributed by atoms with E-state index in [1.165, 1.54) is 18.2 Å². The van der Waals surface area contributed by atoms with Crippen molar-refractivity contribution in [3.63, 3.8) is 0 Å². The van der Waals surface area contributed by atoms with E-state index in [0.29, 0.717) is 9.92 Å². The van der Waals surface area contributed by atoms with Crippen LogP contribution in [-0.2, 0) is 16.1 Å². The second-order valence-electron chi connectivity index (χ2n) is 5.48. The molecule has 142 valence electrons. The Morgan fingerprint density at radius 2 is 1.78 bits per heavy atom. The Balaban J connectivity index is 1.75. The number of hydrogen-bond acceptors (Lipinski definition) is 4. The Morgan fingerprint density at radius 1 is 1.11 bits per heavy atom. The quantitative estimate of drug-likeness (QED) is 0.754. The van der Waals surface area contributed by atoms with Gasteiger partial charge in [-0.25, -0.2) is 5.01 Å². The second-order valence-corrected chi connectivity index (χ2v) is 7.04. The maximum absolute atomic E-state index is 12.5. The van der Waals surface area contributed by atoms with Crippen molar-refractivity contribution in [2.75, 3.05) is 0 Å². The van der Waals surface area contributed by atoms with Crippen LogP contribution in [0.3, 0.4) is 0 Å². The van der Waals surface area contributed by atoms with E-state index in [2.05, 4.69) is 10.2 Å². The van der Waals surface area contributed by atoms with Crippen molar-refractivity contribution in [3.05, 3.63) is 59.1 Å². The Morgan fingerprint density at radius 3 is 2.48 bits per heavy atom. The summed E-state index contributed by atoms with van der Waals surface area (Å²) in [5.41, 5.74) is 2.48. The number of carbonyl (C=O) groups excluding carboxylic acids is 2. The molecule has 2 aromatic rings. The fourth-order valence-corrected chi connectivity index (χ4v) is 3.67. The molecular weight excluding hydrogens is 405 g/mol. The fourth-order valence-electron chi connectivity index (χ4n) is 2.42. The lowest BCUT2D eigenvalue weighted by atomic mass is 10.2. The normalized spacial score (nSPS) is 17.2. The fraction of sp³-hybridized carbons (Fsp3) is 0.176. The maximum atomic E-state index is 12.5. The number of thioether (sulfide) groups is 1. The first kappa shape index (κ1) is 19.4. The van der Waals surface area contributed by atoms with E-state index >= 15 is 0 Å². The largest absolute Gasteiger partial charge is 0.573 e. The SMILES string of the molecule is O=C1NN(Cc2ccccc2OC(F)(F)F)C(=O)C1Sc1ccccc1Cl. The first-order valence-electron chi connectivity index (χ1n) is 7.61. The van der Waals surface area contributed by atoms with E-state index in [0.717, 1.165) is 22.8 Å². The predicted molar refractivity (Wildman–Crippen MR) is 92.9 cm³/mol. The summed E-state index contributed by atoms with van der Waals surface area (Å²) in [4.78, 5) is 25.3. The van der Waals surface area contributed by atoms with E-state index in [4.69, 9.17) is 11.6 Å². The van der Waals surface area contributed by atoms with Gasteiger partial charge < -0.3 is 4.74 Å². The number of hydrogen-bond donors (Lipinski definition) is 1. The van der Waals surface area contributed by atoms with Crippen LogP contribution in [0.5, 0.6) is 5.75 Å². The molecule has 0 aliphatic carbocycles. The number of carbonyl (C=O) groups is 2. The summed E-state index contributed by atoms with van der Waals surface area (Å²) in [6.45, 7) is -0.267. The lowest BCUT2D eigenvalue weighted by Gasteiger charge is -2.18. The highest BCUT2D eigenvalue weighted by Crippen LogP contribution is 2.33. The van der Waals surface area contributed by atoms with Crippen LogP contribution in [0, 0.1) is 0 Å². The van der Waals surface area contributed by atoms with Gasteiger partial charge in [-0.15, -0.1) is 24.9 Å². The van der Waals surface area contributed by atoms with Crippen LogP contribution in [-0.4, -0.2) is 28.4 Å². The van der Waals surface area contributed by atoms with Crippen molar-refractivity contribution in [1.82, 2.24) is 10.4 Å². The number of rotatable bonds is 5. The summed E-state index contributed by atoms with van der Waals surface area (Å²) in [6.07, 6.45) is -4.86. The van der Waals surface area contributed by atoms with Gasteiger partial charge in [-0.05, 0) is 18.2 Å². The van der Waals surface area contributed by atoms with Gasteiger partial charge in [0.05, 0.1) is 11.6 Å². The zero-order valence-corrected chi connectivity index (χ0v) is 15.1. The van der Waals surface area contributed by atoms with Gasteiger partial charge in [0, 0.05) is 10.5 Å². The highest BCUT2D eigenvalue weighted by molar-refractivity contribution is 8.01. The third-order valence-corrected chi connectivity index (χ3v) is 5.28. The van der Waals surface area contributed by atoms with Gasteiger partial charge in [0.15, 0.2) is 5.25 Å². The number of para-hydroxylation sites is 1. The Kier molecular flexibility index (Phi) is 5.52. The summed E-state index contributed by atoms with van der Waals surface area (Å²) in [5.74, 6) is -1.58. The molecule has 2 amide bonds. The second kappa shape index (κ2) is 7.69. The van der Waals surface area contributed by atoms with Gasteiger partial charge >= 0.3 is 6.36 Å². The Bertz CT molecular complexity index is 878. The van der Waals surface area contributed by atoms with Crippen LogP contribution >= 0.6 is 23.4 Å². The molecule has 10 heteroatoms. The van der Waals surface area contributed by atoms with Crippen molar-refractivity contribution >= 4 is 35.2 Å². The van der Waals surface area contributed by atoms with Crippen molar-refractivity contribution in [1.29, 1.82) is 0 Å². The number of benzene rings is 2. The smallest absolute Gasteiger partial charge is 0.405 e. The number of nitrogens with one attached hydrogen (secondary N) is 1. The molecule has 3 rings (SSSR count). The molecule has 0 aromatic heterocycles. The van der Waals surface area contributed by atoms with Crippen LogP contribution in [0.25, 0.3) is 0 Å². The topological polar surface area (TPSA) is 58.6 Å². The number of alkyl halides is 3. The summed E-state index contributed by atoms with van der Waals surface area (Å²) < 4.78 is 41.6. The van der Waals surface area contributed by atoms with Crippen LogP contribution in [0.1, 0.15) is 5.56 Å². The summed E-state index contributed by atoms with van der Waals surface area (Å²) >= 11 is 7.02. The number of hydrazine groups is 1. The highest BCUT2D eigenvalue weighted by Gasteiger charge is 2.41. The molecule has 0 bridgehead atoms. The molecule has 1 saturated heterocycles. The summed E-state index contributed by atoms with van der Waals surface area (Å²) in [7, 11) is 0. The van der Waals surface area contributed by atoms with Crippen LogP contribution < -0.4 is 10.2 Å². The van der Waals surface area contributed by atoms with E-state index in [9.17, 15) is 22.8 Å². The van der Waals surface area contributed by atoms with Gasteiger partial charge in [0.25, 0.3) is 11.8 Å². The van der Waals surface area contributed by atoms with Crippen LogP contribution in [0.4, 0.5) is 13.2 Å². The van der Waals surface area contributed by atoms with Crippen molar-refractivity contribution in [3.8, 4) is 5.75 Å². The van der Waals surface area contributed by atoms with Gasteiger partial charge in [-0.2, -0.15) is 0 Å². The van der Waals surface area contributed by atoms with E-state index in [-0.39, 0.29) is 12.1 Å². The van der Waals surface area contributed by atoms with E-state index < -0.39 is 29.2 Å². The molecule has 1 N–H and O–H groups in total. The molecule has 0 radical (unpaired) electrons. The first-order valence-corrected chi connectivity index (χ1v) is 8.87. The minimum Gasteiger partial charge on any atom is -0.405 e. The molecule has 0 spiro atoms. The van der Waals surface area contributed by atoms with Gasteiger partial charge in [0.1, 0.15) is 5.75 Å². The Hall–Kier alpha value is -2.39. The first-order chi connectivity index (χ1) is 12.7. The molecule has 1 heterocycles. The van der Waals surface area contributed by atoms with Gasteiger partial charge in [-0.3, -0.25) is 15.0 Å². The molecule has 1 atom stereocenters. The van der Waals surface area contributed by atoms with Crippen molar-refractivity contribution in [2.24, 2.45) is 0 Å².